The molecule has 1 aliphatic heterocycles. The largest absolute Gasteiger partial charge is 0.311 e. The molecule has 31 heavy (non-hydrogen) atoms. The number of nitrogens with zero attached hydrogens (tertiary/aromatic N) is 4. The third kappa shape index (κ3) is 5.30. The molecule has 0 amide bonds. The van der Waals surface area contributed by atoms with Gasteiger partial charge >= 0.3 is 0 Å². The second-order valence-electron chi connectivity index (χ2n) is 7.84. The molecular formula is C23H26ClF2N5. The van der Waals surface area contributed by atoms with Crippen molar-refractivity contribution in [3.8, 4) is 16.9 Å². The third-order valence-corrected chi connectivity index (χ3v) is 5.92. The summed E-state index contributed by atoms with van der Waals surface area (Å²) in [6, 6.07) is 10.9. The predicted octanol–water partition coefficient (Wildman–Crippen LogP) is 3.81. The van der Waals surface area contributed by atoms with Gasteiger partial charge in [0.2, 0.25) is 0 Å². The molecule has 2 aromatic carbocycles. The van der Waals surface area contributed by atoms with Crippen LogP contribution in [0.25, 0.3) is 16.9 Å². The average molecular weight is 446 g/mol. The molecule has 3 aromatic rings. The Labute approximate surface area is 186 Å². The molecule has 0 atom stereocenters. The van der Waals surface area contributed by atoms with E-state index in [0.717, 1.165) is 56.5 Å². The Hall–Kier alpha value is -2.32. The van der Waals surface area contributed by atoms with E-state index >= 15 is 0 Å². The molecule has 2 heterocycles. The SMILES string of the molecule is CN1CCN(CCNCc2cn(-c3ccc(F)cc3F)nc2-c2ccccc2Cl)CC1. The number of rotatable bonds is 7. The summed E-state index contributed by atoms with van der Waals surface area (Å²) in [6.07, 6.45) is 1.78. The minimum absolute atomic E-state index is 0.193. The molecule has 0 bridgehead atoms. The van der Waals surface area contributed by atoms with Gasteiger partial charge in [-0.05, 0) is 25.2 Å². The summed E-state index contributed by atoms with van der Waals surface area (Å²) in [5.41, 5.74) is 2.55. The number of hydrogen-bond acceptors (Lipinski definition) is 4. The molecule has 0 radical (unpaired) electrons. The first kappa shape index (κ1) is 21.9. The second-order valence-corrected chi connectivity index (χ2v) is 8.25. The maximum absolute atomic E-state index is 14.3. The minimum Gasteiger partial charge on any atom is -0.311 e. The van der Waals surface area contributed by atoms with E-state index in [1.54, 1.807) is 12.3 Å². The lowest BCUT2D eigenvalue weighted by Gasteiger charge is -2.32. The number of aromatic nitrogens is 2. The van der Waals surface area contributed by atoms with Crippen molar-refractivity contribution in [1.82, 2.24) is 24.9 Å². The van der Waals surface area contributed by atoms with E-state index in [9.17, 15) is 8.78 Å². The van der Waals surface area contributed by atoms with Crippen LogP contribution in [0.2, 0.25) is 5.02 Å². The van der Waals surface area contributed by atoms with Crippen LogP contribution >= 0.6 is 11.6 Å². The number of hydrogen-bond donors (Lipinski definition) is 1. The van der Waals surface area contributed by atoms with Crippen LogP contribution in [-0.4, -0.2) is 65.9 Å². The van der Waals surface area contributed by atoms with Crippen molar-refractivity contribution in [3.05, 3.63) is 70.9 Å². The Morgan fingerprint density at radius 3 is 2.58 bits per heavy atom. The highest BCUT2D eigenvalue weighted by Crippen LogP contribution is 2.30. The Bertz CT molecular complexity index is 1030. The lowest BCUT2D eigenvalue weighted by atomic mass is 10.1. The van der Waals surface area contributed by atoms with Crippen LogP contribution in [0.3, 0.4) is 0 Å². The number of piperazine rings is 1. The second kappa shape index (κ2) is 9.87. The number of halogens is 3. The molecule has 0 unspecified atom stereocenters. The molecule has 8 heteroatoms. The van der Waals surface area contributed by atoms with Gasteiger partial charge in [0, 0.05) is 69.2 Å². The molecule has 1 fully saturated rings. The number of likely N-dealkylation sites (N-methyl/N-ethyl adjacent to an activating group) is 1. The van der Waals surface area contributed by atoms with E-state index in [1.807, 2.05) is 18.2 Å². The maximum Gasteiger partial charge on any atom is 0.151 e. The zero-order chi connectivity index (χ0) is 21.8. The fourth-order valence-electron chi connectivity index (χ4n) is 3.74. The van der Waals surface area contributed by atoms with Crippen LogP contribution in [0, 0.1) is 11.6 Å². The first-order valence-electron chi connectivity index (χ1n) is 10.4. The standard InChI is InChI=1S/C23H26ClF2N5/c1-29-10-12-30(13-11-29)9-8-27-15-17-16-31(22-7-6-18(25)14-21(22)26)28-23(17)19-4-2-3-5-20(19)24/h2-7,14,16,27H,8-13,15H2,1H3. The first-order chi connectivity index (χ1) is 15.0. The van der Waals surface area contributed by atoms with Gasteiger partial charge in [-0.25, -0.2) is 13.5 Å². The van der Waals surface area contributed by atoms with Crippen molar-refractivity contribution >= 4 is 11.6 Å². The summed E-state index contributed by atoms with van der Waals surface area (Å²) < 4.78 is 29.1. The molecule has 0 spiro atoms. The topological polar surface area (TPSA) is 36.3 Å². The average Bonchev–Trinajstić information content (AvgIpc) is 3.16. The molecule has 1 aliphatic rings. The Kier molecular flexibility index (Phi) is 6.97. The van der Waals surface area contributed by atoms with Gasteiger partial charge in [0.05, 0.1) is 10.7 Å². The smallest absolute Gasteiger partial charge is 0.151 e. The van der Waals surface area contributed by atoms with Gasteiger partial charge in [0.15, 0.2) is 5.82 Å². The van der Waals surface area contributed by atoms with Gasteiger partial charge in [-0.3, -0.25) is 4.90 Å². The summed E-state index contributed by atoms with van der Waals surface area (Å²) in [6.45, 7) is 6.70. The third-order valence-electron chi connectivity index (χ3n) is 5.59. The molecule has 1 saturated heterocycles. The number of nitrogens with one attached hydrogen (secondary N) is 1. The Morgan fingerprint density at radius 2 is 1.84 bits per heavy atom. The number of benzene rings is 2. The highest BCUT2D eigenvalue weighted by atomic mass is 35.5. The zero-order valence-electron chi connectivity index (χ0n) is 17.5. The van der Waals surface area contributed by atoms with Gasteiger partial charge in [0.25, 0.3) is 0 Å². The zero-order valence-corrected chi connectivity index (χ0v) is 18.2. The quantitative estimate of drug-likeness (QED) is 0.561. The summed E-state index contributed by atoms with van der Waals surface area (Å²) in [5.74, 6) is -1.28. The van der Waals surface area contributed by atoms with Gasteiger partial charge in [-0.2, -0.15) is 5.10 Å². The van der Waals surface area contributed by atoms with E-state index < -0.39 is 11.6 Å². The van der Waals surface area contributed by atoms with Crippen LogP contribution < -0.4 is 5.32 Å². The normalized spacial score (nSPS) is 15.5. The highest BCUT2D eigenvalue weighted by molar-refractivity contribution is 6.33. The van der Waals surface area contributed by atoms with E-state index in [2.05, 4.69) is 27.3 Å². The maximum atomic E-state index is 14.3. The Morgan fingerprint density at radius 1 is 1.06 bits per heavy atom. The monoisotopic (exact) mass is 445 g/mol. The van der Waals surface area contributed by atoms with Crippen molar-refractivity contribution < 1.29 is 8.78 Å². The predicted molar refractivity (Wildman–Crippen MR) is 120 cm³/mol. The van der Waals surface area contributed by atoms with Crippen molar-refractivity contribution in [2.24, 2.45) is 0 Å². The minimum atomic E-state index is -0.664. The summed E-state index contributed by atoms with van der Waals surface area (Å²) in [4.78, 5) is 4.78. The fourth-order valence-corrected chi connectivity index (χ4v) is 3.97. The lowest BCUT2D eigenvalue weighted by molar-refractivity contribution is 0.154. The molecule has 164 valence electrons. The van der Waals surface area contributed by atoms with Crippen molar-refractivity contribution in [1.29, 1.82) is 0 Å². The fraction of sp³-hybridized carbons (Fsp3) is 0.348. The van der Waals surface area contributed by atoms with Crippen LogP contribution in [-0.2, 0) is 6.54 Å². The first-order valence-corrected chi connectivity index (χ1v) is 10.8. The van der Waals surface area contributed by atoms with Gasteiger partial charge in [-0.1, -0.05) is 29.8 Å². The van der Waals surface area contributed by atoms with Crippen LogP contribution in [0.1, 0.15) is 5.56 Å². The molecular weight excluding hydrogens is 420 g/mol. The molecule has 1 N–H and O–H groups in total. The summed E-state index contributed by atoms with van der Waals surface area (Å²) in [5, 5.41) is 8.64. The molecule has 4 rings (SSSR count). The van der Waals surface area contributed by atoms with Gasteiger partial charge in [0.1, 0.15) is 11.5 Å². The van der Waals surface area contributed by atoms with Crippen LogP contribution in [0.5, 0.6) is 0 Å². The van der Waals surface area contributed by atoms with Crippen molar-refractivity contribution in [3.63, 3.8) is 0 Å². The van der Waals surface area contributed by atoms with E-state index in [1.165, 1.54) is 16.8 Å². The van der Waals surface area contributed by atoms with Crippen molar-refractivity contribution in [2.75, 3.05) is 46.3 Å². The molecule has 1 aromatic heterocycles. The Balaban J connectivity index is 1.52. The van der Waals surface area contributed by atoms with E-state index in [-0.39, 0.29) is 5.69 Å². The lowest BCUT2D eigenvalue weighted by Crippen LogP contribution is -2.46. The van der Waals surface area contributed by atoms with Crippen molar-refractivity contribution in [2.45, 2.75) is 6.54 Å². The van der Waals surface area contributed by atoms with E-state index in [0.29, 0.717) is 17.3 Å². The van der Waals surface area contributed by atoms with Crippen LogP contribution in [0.4, 0.5) is 8.78 Å². The summed E-state index contributed by atoms with van der Waals surface area (Å²) >= 11 is 6.41. The van der Waals surface area contributed by atoms with Crippen LogP contribution in [0.15, 0.2) is 48.7 Å². The summed E-state index contributed by atoms with van der Waals surface area (Å²) in [7, 11) is 2.15. The molecule has 0 saturated carbocycles. The van der Waals surface area contributed by atoms with E-state index in [4.69, 9.17) is 11.6 Å². The molecule has 5 nitrogen and oxygen atoms in total. The highest BCUT2D eigenvalue weighted by Gasteiger charge is 2.17. The van der Waals surface area contributed by atoms with Gasteiger partial charge < -0.3 is 10.2 Å². The molecule has 0 aliphatic carbocycles. The van der Waals surface area contributed by atoms with Gasteiger partial charge in [-0.15, -0.1) is 0 Å².